The molecule has 0 aromatic rings. The number of cyclic esters (lactones) is 1. The van der Waals surface area contributed by atoms with Crippen molar-refractivity contribution in [3.05, 3.63) is 23.5 Å². The minimum Gasteiger partial charge on any atom is -0.481 e. The van der Waals surface area contributed by atoms with Gasteiger partial charge in [0.15, 0.2) is 0 Å². The summed E-state index contributed by atoms with van der Waals surface area (Å²) in [6, 6.07) is 0. The van der Waals surface area contributed by atoms with Gasteiger partial charge in [0.1, 0.15) is 5.76 Å². The molecule has 1 atom stereocenters. The molecule has 0 fully saturated rings. The van der Waals surface area contributed by atoms with Crippen LogP contribution in [0.2, 0.25) is 0 Å². The summed E-state index contributed by atoms with van der Waals surface area (Å²) >= 11 is 0. The summed E-state index contributed by atoms with van der Waals surface area (Å²) in [4.78, 5) is 21.5. The van der Waals surface area contributed by atoms with E-state index in [-0.39, 0.29) is 12.4 Å². The van der Waals surface area contributed by atoms with E-state index < -0.39 is 11.9 Å². The molecule has 0 amide bonds. The molecule has 0 bridgehead atoms. The Morgan fingerprint density at radius 1 is 1.71 bits per heavy atom. The SMILES string of the molecule is CC1=CC(/C(C)=C/CC(=O)O)C(=O)O1. The number of carboxylic acids is 1. The van der Waals surface area contributed by atoms with Crippen LogP contribution in [0.1, 0.15) is 20.3 Å². The Hall–Kier alpha value is -1.58. The summed E-state index contributed by atoms with van der Waals surface area (Å²) in [6.07, 6.45) is 3.15. The number of ether oxygens (including phenoxy) is 1. The molecule has 76 valence electrons. The van der Waals surface area contributed by atoms with E-state index in [0.717, 1.165) is 0 Å². The van der Waals surface area contributed by atoms with Crippen LogP contribution in [-0.4, -0.2) is 17.0 Å². The molecule has 0 saturated carbocycles. The van der Waals surface area contributed by atoms with Crippen LogP contribution in [0.15, 0.2) is 23.5 Å². The van der Waals surface area contributed by atoms with Crippen molar-refractivity contribution in [1.82, 2.24) is 0 Å². The van der Waals surface area contributed by atoms with Crippen molar-refractivity contribution in [2.75, 3.05) is 0 Å². The third-order valence-electron chi connectivity index (χ3n) is 2.01. The van der Waals surface area contributed by atoms with Gasteiger partial charge in [0.2, 0.25) is 0 Å². The number of rotatable bonds is 3. The van der Waals surface area contributed by atoms with Gasteiger partial charge in [-0.25, -0.2) is 0 Å². The van der Waals surface area contributed by atoms with E-state index >= 15 is 0 Å². The standard InChI is InChI=1S/C10H12O4/c1-6(3-4-9(11)12)8-5-7(2)14-10(8)13/h3,5,8H,4H2,1-2H3,(H,11,12)/b6-3+. The lowest BCUT2D eigenvalue weighted by atomic mass is 10.0. The molecule has 0 saturated heterocycles. The van der Waals surface area contributed by atoms with Crippen LogP contribution in [0.4, 0.5) is 0 Å². The monoisotopic (exact) mass is 196 g/mol. The number of carbonyl (C=O) groups is 2. The molecule has 1 rings (SSSR count). The van der Waals surface area contributed by atoms with Crippen LogP contribution in [0.25, 0.3) is 0 Å². The first kappa shape index (κ1) is 10.5. The Balaban J connectivity index is 2.69. The smallest absolute Gasteiger partial charge is 0.322 e. The average Bonchev–Trinajstić information content (AvgIpc) is 2.41. The molecule has 14 heavy (non-hydrogen) atoms. The molecule has 1 unspecified atom stereocenters. The summed E-state index contributed by atoms with van der Waals surface area (Å²) in [5, 5.41) is 8.45. The average molecular weight is 196 g/mol. The Morgan fingerprint density at radius 2 is 2.36 bits per heavy atom. The zero-order chi connectivity index (χ0) is 10.7. The fraction of sp³-hybridized carbons (Fsp3) is 0.400. The Kier molecular flexibility index (Phi) is 3.06. The van der Waals surface area contributed by atoms with Gasteiger partial charge in [0.25, 0.3) is 0 Å². The molecule has 0 aromatic carbocycles. The zero-order valence-electron chi connectivity index (χ0n) is 8.11. The van der Waals surface area contributed by atoms with Crippen molar-refractivity contribution in [3.8, 4) is 0 Å². The van der Waals surface area contributed by atoms with E-state index in [2.05, 4.69) is 0 Å². The van der Waals surface area contributed by atoms with Gasteiger partial charge in [-0.1, -0.05) is 11.6 Å². The van der Waals surface area contributed by atoms with E-state index in [1.165, 1.54) is 6.08 Å². The lowest BCUT2D eigenvalue weighted by Crippen LogP contribution is -2.09. The van der Waals surface area contributed by atoms with Crippen LogP contribution < -0.4 is 0 Å². The summed E-state index contributed by atoms with van der Waals surface area (Å²) < 4.78 is 4.84. The number of allylic oxidation sites excluding steroid dienone is 1. The summed E-state index contributed by atoms with van der Waals surface area (Å²) in [6.45, 7) is 3.42. The van der Waals surface area contributed by atoms with E-state index in [1.807, 2.05) is 0 Å². The van der Waals surface area contributed by atoms with Crippen LogP contribution in [0, 0.1) is 5.92 Å². The van der Waals surface area contributed by atoms with Gasteiger partial charge in [0.05, 0.1) is 12.3 Å². The normalized spacial score (nSPS) is 21.9. The molecule has 0 spiro atoms. The molecule has 1 aliphatic rings. The van der Waals surface area contributed by atoms with Crippen LogP contribution in [0.3, 0.4) is 0 Å². The van der Waals surface area contributed by atoms with E-state index in [9.17, 15) is 9.59 Å². The van der Waals surface area contributed by atoms with Gasteiger partial charge in [-0.3, -0.25) is 9.59 Å². The van der Waals surface area contributed by atoms with Gasteiger partial charge in [-0.2, -0.15) is 0 Å². The first-order valence-corrected chi connectivity index (χ1v) is 4.29. The topological polar surface area (TPSA) is 63.6 Å². The van der Waals surface area contributed by atoms with Gasteiger partial charge < -0.3 is 9.84 Å². The van der Waals surface area contributed by atoms with Crippen LogP contribution >= 0.6 is 0 Å². The van der Waals surface area contributed by atoms with E-state index in [0.29, 0.717) is 11.3 Å². The zero-order valence-corrected chi connectivity index (χ0v) is 8.11. The predicted molar refractivity (Wildman–Crippen MR) is 49.3 cm³/mol. The highest BCUT2D eigenvalue weighted by atomic mass is 16.5. The fourth-order valence-electron chi connectivity index (χ4n) is 1.25. The Morgan fingerprint density at radius 3 is 2.79 bits per heavy atom. The number of aliphatic carboxylic acids is 1. The minimum absolute atomic E-state index is 0.0670. The van der Waals surface area contributed by atoms with Crippen molar-refractivity contribution in [3.63, 3.8) is 0 Å². The molecule has 0 aliphatic carbocycles. The highest BCUT2D eigenvalue weighted by Gasteiger charge is 2.26. The second kappa shape index (κ2) is 4.09. The molecule has 4 nitrogen and oxygen atoms in total. The third-order valence-corrected chi connectivity index (χ3v) is 2.01. The van der Waals surface area contributed by atoms with Crippen molar-refractivity contribution in [2.45, 2.75) is 20.3 Å². The Labute approximate surface area is 81.9 Å². The lowest BCUT2D eigenvalue weighted by Gasteiger charge is -2.03. The molecule has 4 heteroatoms. The number of carboxylic acid groups (broad SMARTS) is 1. The molecule has 1 aliphatic heterocycles. The molecular weight excluding hydrogens is 184 g/mol. The number of carbonyl (C=O) groups excluding carboxylic acids is 1. The quantitative estimate of drug-likeness (QED) is 0.548. The van der Waals surface area contributed by atoms with Crippen LogP contribution in [-0.2, 0) is 14.3 Å². The van der Waals surface area contributed by atoms with Crippen molar-refractivity contribution in [2.24, 2.45) is 5.92 Å². The summed E-state index contributed by atoms with van der Waals surface area (Å²) in [7, 11) is 0. The lowest BCUT2D eigenvalue weighted by molar-refractivity contribution is -0.139. The summed E-state index contributed by atoms with van der Waals surface area (Å²) in [5.41, 5.74) is 0.717. The van der Waals surface area contributed by atoms with E-state index in [1.54, 1.807) is 19.9 Å². The van der Waals surface area contributed by atoms with Crippen molar-refractivity contribution < 1.29 is 19.4 Å². The molecule has 0 radical (unpaired) electrons. The highest BCUT2D eigenvalue weighted by Crippen LogP contribution is 2.24. The summed E-state index contributed by atoms with van der Waals surface area (Å²) in [5.74, 6) is -1.07. The maximum atomic E-state index is 11.2. The maximum absolute atomic E-state index is 11.2. The number of hydrogen-bond acceptors (Lipinski definition) is 3. The predicted octanol–water partition coefficient (Wildman–Crippen LogP) is 1.48. The number of esters is 1. The molecule has 1 heterocycles. The van der Waals surface area contributed by atoms with Crippen molar-refractivity contribution >= 4 is 11.9 Å². The third kappa shape index (κ3) is 2.45. The molecule has 0 aromatic heterocycles. The highest BCUT2D eigenvalue weighted by molar-refractivity contribution is 5.81. The first-order valence-electron chi connectivity index (χ1n) is 4.29. The number of hydrogen-bond donors (Lipinski definition) is 1. The maximum Gasteiger partial charge on any atom is 0.322 e. The van der Waals surface area contributed by atoms with Crippen LogP contribution in [0.5, 0.6) is 0 Å². The van der Waals surface area contributed by atoms with Gasteiger partial charge in [0, 0.05) is 0 Å². The molecule has 1 N–H and O–H groups in total. The second-order valence-electron chi connectivity index (χ2n) is 3.22. The molecular formula is C10H12O4. The van der Waals surface area contributed by atoms with Gasteiger partial charge >= 0.3 is 11.9 Å². The van der Waals surface area contributed by atoms with Crippen molar-refractivity contribution in [1.29, 1.82) is 0 Å². The largest absolute Gasteiger partial charge is 0.481 e. The fourth-order valence-corrected chi connectivity index (χ4v) is 1.25. The van der Waals surface area contributed by atoms with E-state index in [4.69, 9.17) is 9.84 Å². The van der Waals surface area contributed by atoms with Gasteiger partial charge in [-0.15, -0.1) is 0 Å². The first-order chi connectivity index (χ1) is 6.50. The second-order valence-corrected chi connectivity index (χ2v) is 3.22. The Bertz CT molecular complexity index is 325. The minimum atomic E-state index is -0.906. The van der Waals surface area contributed by atoms with Gasteiger partial charge in [-0.05, 0) is 19.9 Å².